The summed E-state index contributed by atoms with van der Waals surface area (Å²) in [7, 11) is 1.43. The fourth-order valence-corrected chi connectivity index (χ4v) is 3.32. The van der Waals surface area contributed by atoms with E-state index in [1.165, 1.54) is 7.11 Å². The lowest BCUT2D eigenvalue weighted by Crippen LogP contribution is -2.47. The zero-order valence-corrected chi connectivity index (χ0v) is 13.5. The van der Waals surface area contributed by atoms with E-state index < -0.39 is 0 Å². The largest absolute Gasteiger partial charge is 0.486 e. The molecule has 6 heteroatoms. The van der Waals surface area contributed by atoms with Crippen LogP contribution in [0.15, 0.2) is 18.2 Å². The zero-order valence-electron chi connectivity index (χ0n) is 13.5. The van der Waals surface area contributed by atoms with Crippen LogP contribution in [0.25, 0.3) is 0 Å². The van der Waals surface area contributed by atoms with Crippen molar-refractivity contribution in [2.45, 2.75) is 25.3 Å². The molecule has 0 bridgehead atoms. The van der Waals surface area contributed by atoms with Gasteiger partial charge in [-0.3, -0.25) is 4.79 Å². The number of nitrogens with two attached hydrogens (primary N) is 1. The maximum atomic E-state index is 11.4. The molecule has 1 aromatic carbocycles. The van der Waals surface area contributed by atoms with Gasteiger partial charge in [-0.25, -0.2) is 0 Å². The highest BCUT2D eigenvalue weighted by molar-refractivity contribution is 5.69. The third-order valence-corrected chi connectivity index (χ3v) is 4.44. The van der Waals surface area contributed by atoms with Crippen LogP contribution in [0.5, 0.6) is 11.5 Å². The summed E-state index contributed by atoms with van der Waals surface area (Å²) >= 11 is 0. The number of piperidine rings is 1. The van der Waals surface area contributed by atoms with E-state index in [-0.39, 0.29) is 12.0 Å². The number of methoxy groups -OCH3 is 1. The van der Waals surface area contributed by atoms with E-state index in [2.05, 4.69) is 4.90 Å². The molecule has 2 atom stereocenters. The zero-order chi connectivity index (χ0) is 16.2. The third-order valence-electron chi connectivity index (χ3n) is 4.44. The van der Waals surface area contributed by atoms with Gasteiger partial charge in [0.15, 0.2) is 11.5 Å². The van der Waals surface area contributed by atoms with E-state index in [0.29, 0.717) is 25.6 Å². The summed E-state index contributed by atoms with van der Waals surface area (Å²) in [5.41, 5.74) is 7.31. The summed E-state index contributed by atoms with van der Waals surface area (Å²) in [5.74, 6) is 1.82. The summed E-state index contributed by atoms with van der Waals surface area (Å²) < 4.78 is 16.0. The molecule has 2 aliphatic rings. The van der Waals surface area contributed by atoms with Crippen LogP contribution in [-0.2, 0) is 9.53 Å². The molecule has 2 unspecified atom stereocenters. The quantitative estimate of drug-likeness (QED) is 0.849. The predicted octanol–water partition coefficient (Wildman–Crippen LogP) is 1.56. The highest BCUT2D eigenvalue weighted by atomic mass is 16.6. The molecule has 0 amide bonds. The Morgan fingerprint density at radius 2 is 2.09 bits per heavy atom. The molecule has 0 aliphatic carbocycles. The van der Waals surface area contributed by atoms with E-state index in [1.54, 1.807) is 0 Å². The van der Waals surface area contributed by atoms with E-state index in [9.17, 15) is 4.79 Å². The summed E-state index contributed by atoms with van der Waals surface area (Å²) in [6.07, 6.45) is 2.20. The molecule has 2 heterocycles. The first kappa shape index (κ1) is 15.9. The number of rotatable bonds is 4. The lowest BCUT2D eigenvalue weighted by molar-refractivity contribution is -0.141. The van der Waals surface area contributed by atoms with Gasteiger partial charge in [-0.2, -0.15) is 0 Å². The Morgan fingerprint density at radius 1 is 1.30 bits per heavy atom. The number of esters is 1. The molecule has 0 radical (unpaired) electrons. The van der Waals surface area contributed by atoms with Gasteiger partial charge in [-0.15, -0.1) is 0 Å². The molecule has 126 valence electrons. The van der Waals surface area contributed by atoms with Crippen LogP contribution in [0.4, 0.5) is 5.69 Å². The normalized spacial score (nSPS) is 23.5. The monoisotopic (exact) mass is 320 g/mol. The molecule has 23 heavy (non-hydrogen) atoms. The predicted molar refractivity (Wildman–Crippen MR) is 87.0 cm³/mol. The van der Waals surface area contributed by atoms with Gasteiger partial charge in [-0.1, -0.05) is 0 Å². The number of hydrogen-bond donors (Lipinski definition) is 1. The minimum atomic E-state index is -0.157. The molecule has 2 aliphatic heterocycles. The molecule has 1 saturated heterocycles. The van der Waals surface area contributed by atoms with Crippen molar-refractivity contribution in [1.29, 1.82) is 0 Å². The van der Waals surface area contributed by atoms with Gasteiger partial charge in [0.1, 0.15) is 13.2 Å². The van der Waals surface area contributed by atoms with Crippen LogP contribution in [0.1, 0.15) is 19.3 Å². The molecular weight excluding hydrogens is 296 g/mol. The second kappa shape index (κ2) is 7.08. The standard InChI is InChI=1S/C17H24N2O4/c1-21-17(20)5-2-12-8-13(18)11-19(10-12)14-3-4-15-16(9-14)23-7-6-22-15/h3-4,9,12-13H,2,5-8,10-11,18H2,1H3. The van der Waals surface area contributed by atoms with Crippen molar-refractivity contribution in [3.63, 3.8) is 0 Å². The first-order valence-corrected chi connectivity index (χ1v) is 8.12. The average molecular weight is 320 g/mol. The van der Waals surface area contributed by atoms with Crippen molar-refractivity contribution >= 4 is 11.7 Å². The van der Waals surface area contributed by atoms with E-state index >= 15 is 0 Å². The van der Waals surface area contributed by atoms with E-state index in [4.69, 9.17) is 19.9 Å². The molecular formula is C17H24N2O4. The van der Waals surface area contributed by atoms with Crippen molar-refractivity contribution in [2.24, 2.45) is 11.7 Å². The van der Waals surface area contributed by atoms with Gasteiger partial charge in [0.05, 0.1) is 7.11 Å². The van der Waals surface area contributed by atoms with Crippen LogP contribution in [0, 0.1) is 5.92 Å². The van der Waals surface area contributed by atoms with Crippen LogP contribution >= 0.6 is 0 Å². The van der Waals surface area contributed by atoms with Crippen molar-refractivity contribution in [1.82, 2.24) is 0 Å². The van der Waals surface area contributed by atoms with Crippen molar-refractivity contribution in [3.05, 3.63) is 18.2 Å². The second-order valence-electron chi connectivity index (χ2n) is 6.21. The maximum Gasteiger partial charge on any atom is 0.305 e. The van der Waals surface area contributed by atoms with Gasteiger partial charge in [0, 0.05) is 37.3 Å². The molecule has 0 saturated carbocycles. The van der Waals surface area contributed by atoms with Gasteiger partial charge < -0.3 is 24.8 Å². The molecule has 1 aromatic rings. The van der Waals surface area contributed by atoms with Crippen LogP contribution in [-0.4, -0.2) is 45.4 Å². The fraction of sp³-hybridized carbons (Fsp3) is 0.588. The second-order valence-corrected chi connectivity index (χ2v) is 6.21. The minimum Gasteiger partial charge on any atom is -0.486 e. The Bertz CT molecular complexity index is 564. The average Bonchev–Trinajstić information content (AvgIpc) is 2.58. The first-order chi connectivity index (χ1) is 11.2. The molecule has 0 aromatic heterocycles. The molecule has 2 N–H and O–H groups in total. The molecule has 1 fully saturated rings. The summed E-state index contributed by atoms with van der Waals surface area (Å²) in [5, 5.41) is 0. The Labute approximate surface area is 136 Å². The van der Waals surface area contributed by atoms with Gasteiger partial charge in [-0.05, 0) is 30.9 Å². The topological polar surface area (TPSA) is 74.0 Å². The van der Waals surface area contributed by atoms with E-state index in [0.717, 1.165) is 43.1 Å². The number of hydrogen-bond acceptors (Lipinski definition) is 6. The number of ether oxygens (including phenoxy) is 3. The number of carbonyl (C=O) groups excluding carboxylic acids is 1. The minimum absolute atomic E-state index is 0.111. The van der Waals surface area contributed by atoms with E-state index in [1.807, 2.05) is 18.2 Å². The first-order valence-electron chi connectivity index (χ1n) is 8.12. The van der Waals surface area contributed by atoms with Gasteiger partial charge in [0.25, 0.3) is 0 Å². The number of anilines is 1. The number of nitrogens with zero attached hydrogens (tertiary/aromatic N) is 1. The highest BCUT2D eigenvalue weighted by Crippen LogP contribution is 2.35. The highest BCUT2D eigenvalue weighted by Gasteiger charge is 2.26. The maximum absolute atomic E-state index is 11.4. The Balaban J connectivity index is 1.67. The molecule has 3 rings (SSSR count). The van der Waals surface area contributed by atoms with Crippen molar-refractivity contribution < 1.29 is 19.0 Å². The van der Waals surface area contributed by atoms with Gasteiger partial charge in [0.2, 0.25) is 0 Å². The number of fused-ring (bicyclic) bond motifs is 1. The molecule has 6 nitrogen and oxygen atoms in total. The smallest absolute Gasteiger partial charge is 0.305 e. The summed E-state index contributed by atoms with van der Waals surface area (Å²) in [6.45, 7) is 2.88. The third kappa shape index (κ3) is 3.88. The van der Waals surface area contributed by atoms with Crippen LogP contribution in [0.2, 0.25) is 0 Å². The fourth-order valence-electron chi connectivity index (χ4n) is 3.32. The Hall–Kier alpha value is -1.95. The van der Waals surface area contributed by atoms with Gasteiger partial charge >= 0.3 is 5.97 Å². The molecule has 0 spiro atoms. The number of benzene rings is 1. The summed E-state index contributed by atoms with van der Waals surface area (Å²) in [4.78, 5) is 13.6. The Kier molecular flexibility index (Phi) is 4.91. The van der Waals surface area contributed by atoms with Crippen molar-refractivity contribution in [2.75, 3.05) is 38.3 Å². The van der Waals surface area contributed by atoms with Crippen LogP contribution < -0.4 is 20.1 Å². The number of carbonyl (C=O) groups is 1. The lowest BCUT2D eigenvalue weighted by Gasteiger charge is -2.38. The summed E-state index contributed by atoms with van der Waals surface area (Å²) in [6, 6.07) is 6.12. The SMILES string of the molecule is COC(=O)CCC1CC(N)CN(c2ccc3c(c2)OCCO3)C1. The van der Waals surface area contributed by atoms with Crippen molar-refractivity contribution in [3.8, 4) is 11.5 Å². The van der Waals surface area contributed by atoms with Crippen LogP contribution in [0.3, 0.4) is 0 Å². The lowest BCUT2D eigenvalue weighted by atomic mass is 9.90. The Morgan fingerprint density at radius 3 is 2.87 bits per heavy atom.